The summed E-state index contributed by atoms with van der Waals surface area (Å²) >= 11 is 0. The van der Waals surface area contributed by atoms with Gasteiger partial charge in [-0.15, -0.1) is 0 Å². The van der Waals surface area contributed by atoms with E-state index in [1.54, 1.807) is 17.3 Å². The number of urea groups is 1. The number of carbonyl (C=O) groups excluding carboxylic acids is 2. The maximum absolute atomic E-state index is 13.7. The predicted molar refractivity (Wildman–Crippen MR) is 161 cm³/mol. The van der Waals surface area contributed by atoms with Gasteiger partial charge < -0.3 is 19.9 Å². The summed E-state index contributed by atoms with van der Waals surface area (Å²) < 4.78 is 5.70. The maximum Gasteiger partial charge on any atom is 0.410 e. The highest BCUT2D eigenvalue weighted by molar-refractivity contribution is 5.77. The number of pyridine rings is 1. The zero-order chi connectivity index (χ0) is 29.3. The zero-order valence-corrected chi connectivity index (χ0v) is 24.2. The van der Waals surface area contributed by atoms with Crippen molar-refractivity contribution in [3.63, 3.8) is 0 Å². The third kappa shape index (κ3) is 5.86. The van der Waals surface area contributed by atoms with E-state index in [-0.39, 0.29) is 24.1 Å². The summed E-state index contributed by atoms with van der Waals surface area (Å²) in [6.07, 6.45) is 3.81. The van der Waals surface area contributed by atoms with E-state index in [2.05, 4.69) is 50.8 Å². The van der Waals surface area contributed by atoms with Crippen LogP contribution in [0.2, 0.25) is 0 Å². The fourth-order valence-electron chi connectivity index (χ4n) is 5.81. The molecule has 2 aliphatic rings. The second-order valence-electron chi connectivity index (χ2n) is 12.0. The lowest BCUT2D eigenvalue weighted by atomic mass is 9.91. The van der Waals surface area contributed by atoms with Gasteiger partial charge in [-0.1, -0.05) is 54.6 Å². The average molecular weight is 565 g/mol. The first kappa shape index (κ1) is 27.5. The average Bonchev–Trinajstić information content (AvgIpc) is 3.62. The molecule has 2 atom stereocenters. The van der Waals surface area contributed by atoms with Crippen LogP contribution in [0.3, 0.4) is 0 Å². The minimum absolute atomic E-state index is 0.0909. The molecular formula is C33H36N6O3. The van der Waals surface area contributed by atoms with E-state index >= 15 is 0 Å². The second kappa shape index (κ2) is 11.3. The van der Waals surface area contributed by atoms with Crippen LogP contribution in [0.25, 0.3) is 22.4 Å². The van der Waals surface area contributed by atoms with Crippen LogP contribution in [0, 0.1) is 0 Å². The van der Waals surface area contributed by atoms with Crippen LogP contribution in [0.4, 0.5) is 9.59 Å². The molecule has 2 N–H and O–H groups in total. The number of nitrogens with one attached hydrogen (secondary N) is 2. The number of nitrogens with zero attached hydrogens (tertiary/aromatic N) is 4. The smallest absolute Gasteiger partial charge is 0.410 e. The topological polar surface area (TPSA) is 103 Å². The van der Waals surface area contributed by atoms with E-state index in [0.717, 1.165) is 39.2 Å². The van der Waals surface area contributed by atoms with E-state index < -0.39 is 5.60 Å². The van der Waals surface area contributed by atoms with E-state index in [4.69, 9.17) is 4.74 Å². The molecule has 1 fully saturated rings. The van der Waals surface area contributed by atoms with Gasteiger partial charge in [0, 0.05) is 61.2 Å². The number of hydrogen-bond acceptors (Lipinski definition) is 5. The molecule has 0 radical (unpaired) electrons. The molecule has 1 saturated heterocycles. The number of ether oxygens (including phenoxy) is 1. The number of benzene rings is 2. The summed E-state index contributed by atoms with van der Waals surface area (Å²) in [6.45, 7) is 7.44. The first-order valence-corrected chi connectivity index (χ1v) is 14.4. The number of carbonyl (C=O) groups is 2. The molecule has 9 nitrogen and oxygen atoms in total. The highest BCUT2D eigenvalue weighted by Crippen LogP contribution is 2.33. The molecule has 2 aliphatic heterocycles. The Bertz CT molecular complexity index is 1560. The third-order valence-corrected chi connectivity index (χ3v) is 7.88. The van der Waals surface area contributed by atoms with Crippen molar-refractivity contribution in [1.82, 2.24) is 30.3 Å². The van der Waals surface area contributed by atoms with Gasteiger partial charge in [0.2, 0.25) is 0 Å². The molecule has 0 unspecified atom stereocenters. The molecule has 0 spiro atoms. The SMILES string of the molecule is CC(C)(C)OC(=O)N1C[C@@H](NC(=O)N2CCc3[nH]nc(-c4ccncc4)c3C2)[C@H](c2cccc(-c3ccccc3)c2)C1. The van der Waals surface area contributed by atoms with E-state index in [9.17, 15) is 9.59 Å². The lowest BCUT2D eigenvalue weighted by molar-refractivity contribution is 0.0289. The fraction of sp³-hybridized carbons (Fsp3) is 0.333. The van der Waals surface area contributed by atoms with Crippen molar-refractivity contribution in [2.24, 2.45) is 0 Å². The van der Waals surface area contributed by atoms with Gasteiger partial charge in [-0.05, 0) is 49.6 Å². The summed E-state index contributed by atoms with van der Waals surface area (Å²) in [5.41, 5.74) is 6.57. The van der Waals surface area contributed by atoms with Gasteiger partial charge in [0.25, 0.3) is 0 Å². The molecule has 0 aliphatic carbocycles. The van der Waals surface area contributed by atoms with Gasteiger partial charge >= 0.3 is 12.1 Å². The van der Waals surface area contributed by atoms with Crippen LogP contribution < -0.4 is 5.32 Å². The van der Waals surface area contributed by atoms with Crippen LogP contribution in [0.15, 0.2) is 79.1 Å². The summed E-state index contributed by atoms with van der Waals surface area (Å²) in [4.78, 5) is 34.5. The number of likely N-dealkylation sites (tertiary alicyclic amines) is 1. The molecule has 0 bridgehead atoms. The monoisotopic (exact) mass is 564 g/mol. The lowest BCUT2D eigenvalue weighted by Crippen LogP contribution is -2.49. The molecule has 216 valence electrons. The van der Waals surface area contributed by atoms with Crippen molar-refractivity contribution in [3.05, 3.63) is 95.9 Å². The normalized spacial score (nSPS) is 18.5. The lowest BCUT2D eigenvalue weighted by Gasteiger charge is -2.30. The van der Waals surface area contributed by atoms with Crippen molar-refractivity contribution < 1.29 is 14.3 Å². The van der Waals surface area contributed by atoms with Gasteiger partial charge in [0.1, 0.15) is 5.60 Å². The van der Waals surface area contributed by atoms with Crippen LogP contribution >= 0.6 is 0 Å². The minimum Gasteiger partial charge on any atom is -0.444 e. The maximum atomic E-state index is 13.7. The van der Waals surface area contributed by atoms with Crippen LogP contribution in [-0.2, 0) is 17.7 Å². The molecule has 4 heterocycles. The van der Waals surface area contributed by atoms with Crippen LogP contribution in [0.5, 0.6) is 0 Å². The van der Waals surface area contributed by atoms with Gasteiger partial charge in [-0.25, -0.2) is 9.59 Å². The summed E-state index contributed by atoms with van der Waals surface area (Å²) in [5, 5.41) is 11.0. The van der Waals surface area contributed by atoms with Gasteiger partial charge in [0.05, 0.1) is 18.3 Å². The number of aromatic amines is 1. The van der Waals surface area contributed by atoms with Crippen molar-refractivity contribution in [2.75, 3.05) is 19.6 Å². The standard InChI is InChI=1S/C33H36N6O3/c1-33(2,3)42-32(41)39-19-26(25-11-7-10-24(18-25)22-8-5-4-6-9-22)29(21-39)35-31(40)38-17-14-28-27(20-38)30(37-36-28)23-12-15-34-16-13-23/h4-13,15-16,18,26,29H,14,17,19-21H2,1-3H3,(H,35,40)(H,36,37)/t26-,29+/m0/s1. The molecule has 42 heavy (non-hydrogen) atoms. The van der Waals surface area contributed by atoms with Gasteiger partial charge in [0.15, 0.2) is 0 Å². The molecule has 4 aromatic rings. The molecule has 0 saturated carbocycles. The number of hydrogen-bond donors (Lipinski definition) is 2. The third-order valence-electron chi connectivity index (χ3n) is 7.88. The molecule has 2 aromatic carbocycles. The first-order valence-electron chi connectivity index (χ1n) is 14.4. The quantitative estimate of drug-likeness (QED) is 0.335. The predicted octanol–water partition coefficient (Wildman–Crippen LogP) is 5.61. The van der Waals surface area contributed by atoms with Crippen LogP contribution in [-0.4, -0.2) is 68.4 Å². The number of fused-ring (bicyclic) bond motifs is 1. The number of aromatic nitrogens is 3. The minimum atomic E-state index is -0.607. The summed E-state index contributed by atoms with van der Waals surface area (Å²) in [6, 6.07) is 22.0. The molecule has 6 rings (SSSR count). The van der Waals surface area contributed by atoms with E-state index in [0.29, 0.717) is 32.6 Å². The molecule has 3 amide bonds. The Balaban J connectivity index is 1.23. The Morgan fingerprint density at radius 1 is 0.929 bits per heavy atom. The molecule has 9 heteroatoms. The largest absolute Gasteiger partial charge is 0.444 e. The number of H-pyrrole nitrogens is 1. The number of rotatable bonds is 4. The summed E-state index contributed by atoms with van der Waals surface area (Å²) in [7, 11) is 0. The Morgan fingerprint density at radius 2 is 1.69 bits per heavy atom. The van der Waals surface area contributed by atoms with Gasteiger partial charge in [-0.2, -0.15) is 5.10 Å². The van der Waals surface area contributed by atoms with Crippen molar-refractivity contribution in [1.29, 1.82) is 0 Å². The first-order chi connectivity index (χ1) is 20.2. The van der Waals surface area contributed by atoms with Gasteiger partial charge in [-0.3, -0.25) is 10.1 Å². The van der Waals surface area contributed by atoms with Crippen LogP contribution in [0.1, 0.15) is 43.5 Å². The zero-order valence-electron chi connectivity index (χ0n) is 24.2. The van der Waals surface area contributed by atoms with E-state index in [1.165, 1.54) is 0 Å². The highest BCUT2D eigenvalue weighted by Gasteiger charge is 2.40. The van der Waals surface area contributed by atoms with Crippen molar-refractivity contribution >= 4 is 12.1 Å². The summed E-state index contributed by atoms with van der Waals surface area (Å²) in [5.74, 6) is -0.0909. The number of amides is 3. The fourth-order valence-corrected chi connectivity index (χ4v) is 5.81. The molecule has 2 aromatic heterocycles. The highest BCUT2D eigenvalue weighted by atomic mass is 16.6. The van der Waals surface area contributed by atoms with Crippen molar-refractivity contribution in [3.8, 4) is 22.4 Å². The second-order valence-corrected chi connectivity index (χ2v) is 12.0. The molecular weight excluding hydrogens is 528 g/mol. The Labute approximate surface area is 245 Å². The Kier molecular flexibility index (Phi) is 7.41. The van der Waals surface area contributed by atoms with Crippen molar-refractivity contribution in [2.45, 2.75) is 51.3 Å². The van der Waals surface area contributed by atoms with E-state index in [1.807, 2.05) is 62.1 Å². The Morgan fingerprint density at radius 3 is 2.45 bits per heavy atom. The Hall–Kier alpha value is -4.66.